The molecule has 7 heteroatoms. The number of nitrogen functional groups attached to an aromatic ring is 1. The van der Waals surface area contributed by atoms with Gasteiger partial charge in [-0.3, -0.25) is 0 Å². The number of amides is 1. The van der Waals surface area contributed by atoms with E-state index in [0.717, 1.165) is 11.3 Å². The number of benzene rings is 1. The molecular weight excluding hydrogens is 268 g/mol. The monoisotopic (exact) mass is 277 g/mol. The van der Waals surface area contributed by atoms with Crippen molar-refractivity contribution < 1.29 is 9.90 Å². The zero-order valence-electron chi connectivity index (χ0n) is 9.84. The highest BCUT2D eigenvalue weighted by Crippen LogP contribution is 2.29. The van der Waals surface area contributed by atoms with Gasteiger partial charge in [-0.15, -0.1) is 0 Å². The summed E-state index contributed by atoms with van der Waals surface area (Å²) >= 11 is 5.83. The number of nitrogens with two attached hydrogens (primary N) is 1. The fourth-order valence-corrected chi connectivity index (χ4v) is 2.27. The number of anilines is 1. The van der Waals surface area contributed by atoms with Crippen molar-refractivity contribution in [1.29, 1.82) is 0 Å². The third-order valence-electron chi connectivity index (χ3n) is 3.13. The van der Waals surface area contributed by atoms with Gasteiger partial charge in [0.25, 0.3) is 0 Å². The molecule has 0 spiro atoms. The van der Waals surface area contributed by atoms with Crippen LogP contribution in [0.3, 0.4) is 0 Å². The Bertz CT molecular complexity index is 650. The number of aromatic nitrogens is 2. The first-order valence-corrected chi connectivity index (χ1v) is 6.02. The summed E-state index contributed by atoms with van der Waals surface area (Å²) in [5.74, 6) is 0.445. The second kappa shape index (κ2) is 4.17. The van der Waals surface area contributed by atoms with E-state index in [1.165, 1.54) is 4.90 Å². The Morgan fingerprint density at radius 3 is 2.58 bits per heavy atom. The van der Waals surface area contributed by atoms with Crippen molar-refractivity contribution in [3.8, 4) is 5.69 Å². The number of carbonyl (C=O) groups excluding carboxylic acids is 1. The van der Waals surface area contributed by atoms with Crippen LogP contribution in [0.5, 0.6) is 0 Å². The number of nitrogens with zero attached hydrogens (tertiary/aromatic N) is 3. The summed E-state index contributed by atoms with van der Waals surface area (Å²) in [4.78, 5) is 12.0. The Morgan fingerprint density at radius 1 is 1.32 bits per heavy atom. The first-order chi connectivity index (χ1) is 9.06. The Morgan fingerprint density at radius 2 is 2.00 bits per heavy atom. The molecule has 0 saturated carbocycles. The molecular formula is C12H10ClN4O2-. The lowest BCUT2D eigenvalue weighted by molar-refractivity contribution is -0.266. The van der Waals surface area contributed by atoms with Crippen LogP contribution in [-0.2, 0) is 13.1 Å². The van der Waals surface area contributed by atoms with Gasteiger partial charge in [0, 0.05) is 10.6 Å². The number of hydrogen-bond donors (Lipinski definition) is 1. The van der Waals surface area contributed by atoms with Gasteiger partial charge >= 0.3 is 0 Å². The summed E-state index contributed by atoms with van der Waals surface area (Å²) in [5, 5.41) is 15.8. The Hall–Kier alpha value is -2.21. The standard InChI is InChI=1S/C12H11ClN4O2/c13-7-1-3-8(4-2-7)17-11(14)9-5-16(12(18)19)6-10(9)15-17/h1-4H,5-6,14H2,(H,18,19)/p-1. The lowest BCUT2D eigenvalue weighted by Crippen LogP contribution is -2.37. The first-order valence-electron chi connectivity index (χ1n) is 5.64. The average molecular weight is 278 g/mol. The molecule has 1 aliphatic heterocycles. The largest absolute Gasteiger partial charge is 0.530 e. The SMILES string of the molecule is Nc1c2c(nn1-c1ccc(Cl)cc1)CN(C(=O)[O-])C2. The molecule has 1 aromatic heterocycles. The molecule has 0 atom stereocenters. The third kappa shape index (κ3) is 1.90. The normalized spacial score (nSPS) is 13.6. The van der Waals surface area contributed by atoms with E-state index in [2.05, 4.69) is 5.10 Å². The van der Waals surface area contributed by atoms with Crippen molar-refractivity contribution in [2.45, 2.75) is 13.1 Å². The minimum absolute atomic E-state index is 0.211. The van der Waals surface area contributed by atoms with Gasteiger partial charge in [-0.25, -0.2) is 4.68 Å². The molecule has 0 unspecified atom stereocenters. The molecule has 6 nitrogen and oxygen atoms in total. The second-order valence-electron chi connectivity index (χ2n) is 4.32. The van der Waals surface area contributed by atoms with E-state index >= 15 is 0 Å². The van der Waals surface area contributed by atoms with Gasteiger partial charge in [0.2, 0.25) is 0 Å². The average Bonchev–Trinajstić information content (AvgIpc) is 2.91. The number of carboxylic acid groups (broad SMARTS) is 1. The van der Waals surface area contributed by atoms with Crippen molar-refractivity contribution in [3.63, 3.8) is 0 Å². The van der Waals surface area contributed by atoms with Crippen LogP contribution in [0, 0.1) is 0 Å². The molecule has 19 heavy (non-hydrogen) atoms. The van der Waals surface area contributed by atoms with Crippen molar-refractivity contribution >= 4 is 23.5 Å². The highest BCUT2D eigenvalue weighted by Gasteiger charge is 2.26. The summed E-state index contributed by atoms with van der Waals surface area (Å²) < 4.78 is 1.59. The van der Waals surface area contributed by atoms with Crippen LogP contribution in [0.25, 0.3) is 5.69 Å². The molecule has 0 saturated heterocycles. The van der Waals surface area contributed by atoms with E-state index in [1.54, 1.807) is 28.9 Å². The molecule has 2 heterocycles. The maximum atomic E-state index is 10.8. The van der Waals surface area contributed by atoms with Gasteiger partial charge in [0.05, 0.1) is 24.5 Å². The summed E-state index contributed by atoms with van der Waals surface area (Å²) in [7, 11) is 0. The van der Waals surface area contributed by atoms with Crippen molar-refractivity contribution in [2.75, 3.05) is 5.73 Å². The van der Waals surface area contributed by atoms with Gasteiger partial charge in [-0.2, -0.15) is 5.10 Å². The van der Waals surface area contributed by atoms with Gasteiger partial charge in [0.1, 0.15) is 11.9 Å². The van der Waals surface area contributed by atoms with E-state index in [1.807, 2.05) is 0 Å². The minimum atomic E-state index is -1.21. The van der Waals surface area contributed by atoms with E-state index in [-0.39, 0.29) is 13.1 Å². The van der Waals surface area contributed by atoms with Gasteiger partial charge in [0.15, 0.2) is 0 Å². The molecule has 0 fully saturated rings. The van der Waals surface area contributed by atoms with Crippen molar-refractivity contribution in [2.24, 2.45) is 0 Å². The van der Waals surface area contributed by atoms with Gasteiger partial charge in [-0.05, 0) is 24.3 Å². The fourth-order valence-electron chi connectivity index (χ4n) is 2.15. The van der Waals surface area contributed by atoms with Crippen LogP contribution in [-0.4, -0.2) is 20.8 Å². The lowest BCUT2D eigenvalue weighted by atomic mass is 10.3. The highest BCUT2D eigenvalue weighted by atomic mass is 35.5. The molecule has 98 valence electrons. The molecule has 3 rings (SSSR count). The summed E-state index contributed by atoms with van der Waals surface area (Å²) in [6, 6.07) is 7.10. The molecule has 0 radical (unpaired) electrons. The lowest BCUT2D eigenvalue weighted by Gasteiger charge is -2.18. The van der Waals surface area contributed by atoms with Crippen LogP contribution in [0.4, 0.5) is 10.6 Å². The quantitative estimate of drug-likeness (QED) is 0.834. The molecule has 0 aliphatic carbocycles. The minimum Gasteiger partial charge on any atom is -0.530 e. The zero-order chi connectivity index (χ0) is 13.6. The summed E-state index contributed by atoms with van der Waals surface area (Å²) in [5.41, 5.74) is 8.20. The highest BCUT2D eigenvalue weighted by molar-refractivity contribution is 6.30. The predicted molar refractivity (Wildman–Crippen MR) is 67.6 cm³/mol. The van der Waals surface area contributed by atoms with Crippen LogP contribution in [0.1, 0.15) is 11.3 Å². The fraction of sp³-hybridized carbons (Fsp3) is 0.167. The van der Waals surface area contributed by atoms with Crippen molar-refractivity contribution in [3.05, 3.63) is 40.5 Å². The topological polar surface area (TPSA) is 87.2 Å². The zero-order valence-corrected chi connectivity index (χ0v) is 10.6. The van der Waals surface area contributed by atoms with E-state index in [0.29, 0.717) is 16.5 Å². The maximum absolute atomic E-state index is 10.8. The van der Waals surface area contributed by atoms with Gasteiger partial charge < -0.3 is 20.5 Å². The number of fused-ring (bicyclic) bond motifs is 1. The molecule has 1 aliphatic rings. The summed E-state index contributed by atoms with van der Waals surface area (Å²) in [6.07, 6.45) is -1.21. The Kier molecular flexibility index (Phi) is 2.60. The van der Waals surface area contributed by atoms with Crippen LogP contribution < -0.4 is 10.8 Å². The Labute approximate surface area is 114 Å². The first kappa shape index (κ1) is 11.9. The third-order valence-corrected chi connectivity index (χ3v) is 3.38. The van der Waals surface area contributed by atoms with Crippen LogP contribution in [0.2, 0.25) is 5.02 Å². The van der Waals surface area contributed by atoms with E-state index in [9.17, 15) is 9.90 Å². The molecule has 0 bridgehead atoms. The molecule has 1 amide bonds. The van der Waals surface area contributed by atoms with E-state index < -0.39 is 6.09 Å². The molecule has 2 N–H and O–H groups in total. The molecule has 1 aromatic carbocycles. The summed E-state index contributed by atoms with van der Waals surface area (Å²) in [6.45, 7) is 0.430. The number of carbonyl (C=O) groups is 1. The number of rotatable bonds is 1. The Balaban J connectivity index is 1.98. The predicted octanol–water partition coefficient (Wildman–Crippen LogP) is 0.767. The van der Waals surface area contributed by atoms with Crippen LogP contribution in [0.15, 0.2) is 24.3 Å². The van der Waals surface area contributed by atoms with Crippen LogP contribution >= 0.6 is 11.6 Å². The van der Waals surface area contributed by atoms with Gasteiger partial charge in [-0.1, -0.05) is 11.6 Å². The maximum Gasteiger partial charge on any atom is 0.137 e. The molecule has 2 aromatic rings. The van der Waals surface area contributed by atoms with E-state index in [4.69, 9.17) is 17.3 Å². The second-order valence-corrected chi connectivity index (χ2v) is 4.76. The van der Waals surface area contributed by atoms with Crippen molar-refractivity contribution in [1.82, 2.24) is 14.7 Å². The number of halogens is 1. The number of hydrogen-bond acceptors (Lipinski definition) is 4. The smallest absolute Gasteiger partial charge is 0.137 e.